The second-order valence-electron chi connectivity index (χ2n) is 2.06. The minimum atomic E-state index is -0.419. The van der Waals surface area contributed by atoms with E-state index in [4.69, 9.17) is 5.11 Å². The van der Waals surface area contributed by atoms with Gasteiger partial charge in [0.15, 0.2) is 0 Å². The third kappa shape index (κ3) is 1.10. The molecule has 50 valence electrons. The molecule has 0 amide bonds. The topological polar surface area (TPSA) is 38.1 Å². The fourth-order valence-electron chi connectivity index (χ4n) is 0.794. The second kappa shape index (κ2) is 2.19. The number of rotatable bonds is 1. The number of aliphatic hydroxyl groups excluding tert-OH is 1. The number of aromatic nitrogens is 2. The van der Waals surface area contributed by atoms with Gasteiger partial charge in [0.1, 0.15) is 0 Å². The van der Waals surface area contributed by atoms with Crippen molar-refractivity contribution in [1.29, 1.82) is 0 Å². The van der Waals surface area contributed by atoms with Crippen LogP contribution >= 0.6 is 0 Å². The summed E-state index contributed by atoms with van der Waals surface area (Å²) in [5.41, 5.74) is 0.843. The normalized spacial score (nSPS) is 13.7. The number of aryl methyl sites for hydroxylation is 1. The van der Waals surface area contributed by atoms with Gasteiger partial charge in [0, 0.05) is 13.2 Å². The molecular weight excluding hydrogens is 116 g/mol. The lowest BCUT2D eigenvalue weighted by Crippen LogP contribution is -2.00. The van der Waals surface area contributed by atoms with Crippen molar-refractivity contribution in [3.8, 4) is 0 Å². The SMILES string of the molecule is C[C@@H](O)c1ccnn1C. The van der Waals surface area contributed by atoms with Crippen LogP contribution in [0, 0.1) is 0 Å². The Kier molecular flexibility index (Phi) is 1.53. The van der Waals surface area contributed by atoms with Crippen molar-refractivity contribution in [3.63, 3.8) is 0 Å². The van der Waals surface area contributed by atoms with Crippen molar-refractivity contribution < 1.29 is 5.11 Å². The molecule has 0 radical (unpaired) electrons. The lowest BCUT2D eigenvalue weighted by Gasteiger charge is -2.02. The lowest BCUT2D eigenvalue weighted by molar-refractivity contribution is 0.189. The number of hydrogen-bond donors (Lipinski definition) is 1. The van der Waals surface area contributed by atoms with Crippen molar-refractivity contribution in [2.75, 3.05) is 0 Å². The van der Waals surface area contributed by atoms with E-state index in [1.165, 1.54) is 0 Å². The molecule has 0 bridgehead atoms. The van der Waals surface area contributed by atoms with Gasteiger partial charge in [-0.1, -0.05) is 0 Å². The summed E-state index contributed by atoms with van der Waals surface area (Å²) in [7, 11) is 1.81. The van der Waals surface area contributed by atoms with Crippen molar-refractivity contribution in [2.24, 2.45) is 7.05 Å². The highest BCUT2D eigenvalue weighted by molar-refractivity contribution is 5.02. The molecule has 0 aliphatic carbocycles. The van der Waals surface area contributed by atoms with Crippen LogP contribution in [-0.4, -0.2) is 14.9 Å². The molecule has 1 N–H and O–H groups in total. The average Bonchev–Trinajstić information content (AvgIpc) is 2.13. The third-order valence-electron chi connectivity index (χ3n) is 1.29. The maximum atomic E-state index is 9.03. The molecule has 1 aromatic heterocycles. The average molecular weight is 126 g/mol. The molecule has 0 aliphatic rings. The number of hydrogen-bond acceptors (Lipinski definition) is 2. The standard InChI is InChI=1S/C6H10N2O/c1-5(9)6-3-4-7-8(6)2/h3-5,9H,1-2H3/t5-/m1/s1. The first kappa shape index (κ1) is 6.29. The maximum Gasteiger partial charge on any atom is 0.0928 e. The Hall–Kier alpha value is -0.830. The summed E-state index contributed by atoms with van der Waals surface area (Å²) in [6.45, 7) is 1.72. The molecule has 0 unspecified atom stereocenters. The molecule has 1 heterocycles. The van der Waals surface area contributed by atoms with Gasteiger partial charge in [-0.15, -0.1) is 0 Å². The van der Waals surface area contributed by atoms with E-state index in [9.17, 15) is 0 Å². The highest BCUT2D eigenvalue weighted by Crippen LogP contribution is 2.07. The molecule has 1 atom stereocenters. The van der Waals surface area contributed by atoms with E-state index in [-0.39, 0.29) is 0 Å². The van der Waals surface area contributed by atoms with Gasteiger partial charge in [-0.3, -0.25) is 4.68 Å². The van der Waals surface area contributed by atoms with Gasteiger partial charge in [-0.25, -0.2) is 0 Å². The predicted octanol–water partition coefficient (Wildman–Crippen LogP) is 0.473. The summed E-state index contributed by atoms with van der Waals surface area (Å²) < 4.78 is 1.66. The summed E-state index contributed by atoms with van der Waals surface area (Å²) >= 11 is 0. The van der Waals surface area contributed by atoms with Gasteiger partial charge < -0.3 is 5.11 Å². The van der Waals surface area contributed by atoms with Crippen LogP contribution in [0.25, 0.3) is 0 Å². The second-order valence-corrected chi connectivity index (χ2v) is 2.06. The largest absolute Gasteiger partial charge is 0.387 e. The first-order valence-corrected chi connectivity index (χ1v) is 2.88. The highest BCUT2D eigenvalue weighted by atomic mass is 16.3. The van der Waals surface area contributed by atoms with Gasteiger partial charge in [-0.2, -0.15) is 5.10 Å². The van der Waals surface area contributed by atoms with Crippen LogP contribution in [0.1, 0.15) is 18.7 Å². The predicted molar refractivity (Wildman–Crippen MR) is 33.8 cm³/mol. The van der Waals surface area contributed by atoms with E-state index in [0.717, 1.165) is 5.69 Å². The van der Waals surface area contributed by atoms with Gasteiger partial charge >= 0.3 is 0 Å². The molecule has 0 saturated carbocycles. The highest BCUT2D eigenvalue weighted by Gasteiger charge is 2.02. The van der Waals surface area contributed by atoms with Crippen LogP contribution in [0.5, 0.6) is 0 Å². The van der Waals surface area contributed by atoms with Gasteiger partial charge in [0.05, 0.1) is 11.8 Å². The molecule has 3 heteroatoms. The zero-order chi connectivity index (χ0) is 6.85. The molecular formula is C6H10N2O. The Labute approximate surface area is 53.9 Å². The first-order valence-electron chi connectivity index (χ1n) is 2.88. The van der Waals surface area contributed by atoms with Crippen molar-refractivity contribution in [1.82, 2.24) is 9.78 Å². The molecule has 0 spiro atoms. The van der Waals surface area contributed by atoms with Gasteiger partial charge in [-0.05, 0) is 13.0 Å². The van der Waals surface area contributed by atoms with E-state index in [1.54, 1.807) is 23.9 Å². The van der Waals surface area contributed by atoms with Gasteiger partial charge in [0.2, 0.25) is 0 Å². The zero-order valence-corrected chi connectivity index (χ0v) is 5.57. The quantitative estimate of drug-likeness (QED) is 0.594. The molecule has 0 fully saturated rings. The van der Waals surface area contributed by atoms with Crippen LogP contribution in [0.3, 0.4) is 0 Å². The lowest BCUT2D eigenvalue weighted by atomic mass is 10.3. The van der Waals surface area contributed by atoms with E-state index in [2.05, 4.69) is 5.10 Å². The van der Waals surface area contributed by atoms with Crippen LogP contribution in [0.4, 0.5) is 0 Å². The van der Waals surface area contributed by atoms with Crippen molar-refractivity contribution in [3.05, 3.63) is 18.0 Å². The summed E-state index contributed by atoms with van der Waals surface area (Å²) in [5.74, 6) is 0. The van der Waals surface area contributed by atoms with E-state index in [0.29, 0.717) is 0 Å². The fraction of sp³-hybridized carbons (Fsp3) is 0.500. The summed E-state index contributed by atoms with van der Waals surface area (Å²) in [4.78, 5) is 0. The molecule has 3 nitrogen and oxygen atoms in total. The molecule has 1 aromatic rings. The van der Waals surface area contributed by atoms with E-state index < -0.39 is 6.10 Å². The molecule has 0 aliphatic heterocycles. The van der Waals surface area contributed by atoms with Gasteiger partial charge in [0.25, 0.3) is 0 Å². The van der Waals surface area contributed by atoms with Crippen LogP contribution in [0.15, 0.2) is 12.3 Å². The zero-order valence-electron chi connectivity index (χ0n) is 5.57. The van der Waals surface area contributed by atoms with Crippen LogP contribution in [0.2, 0.25) is 0 Å². The Morgan fingerprint density at radius 2 is 2.44 bits per heavy atom. The Morgan fingerprint density at radius 3 is 2.67 bits per heavy atom. The minimum absolute atomic E-state index is 0.419. The smallest absolute Gasteiger partial charge is 0.0928 e. The van der Waals surface area contributed by atoms with Crippen LogP contribution < -0.4 is 0 Å². The van der Waals surface area contributed by atoms with Crippen molar-refractivity contribution in [2.45, 2.75) is 13.0 Å². The fourth-order valence-corrected chi connectivity index (χ4v) is 0.794. The Balaban J connectivity index is 2.94. The minimum Gasteiger partial charge on any atom is -0.387 e. The Morgan fingerprint density at radius 1 is 1.78 bits per heavy atom. The molecule has 9 heavy (non-hydrogen) atoms. The first-order chi connectivity index (χ1) is 4.22. The molecule has 0 aromatic carbocycles. The van der Waals surface area contributed by atoms with Crippen molar-refractivity contribution >= 4 is 0 Å². The Bertz CT molecular complexity index is 193. The van der Waals surface area contributed by atoms with E-state index in [1.807, 2.05) is 7.05 Å². The van der Waals surface area contributed by atoms with Crippen LogP contribution in [-0.2, 0) is 7.05 Å². The summed E-state index contributed by atoms with van der Waals surface area (Å²) in [6.07, 6.45) is 1.25. The summed E-state index contributed by atoms with van der Waals surface area (Å²) in [5, 5.41) is 12.9. The third-order valence-corrected chi connectivity index (χ3v) is 1.29. The van der Waals surface area contributed by atoms with E-state index >= 15 is 0 Å². The monoisotopic (exact) mass is 126 g/mol. The summed E-state index contributed by atoms with van der Waals surface area (Å²) in [6, 6.07) is 1.80. The molecule has 1 rings (SSSR count). The number of aliphatic hydroxyl groups is 1. The molecule has 0 saturated heterocycles. The maximum absolute atomic E-state index is 9.03. The number of nitrogens with zero attached hydrogens (tertiary/aromatic N) is 2.